The standard InChI is InChI=1S/C24H27N3O5/c1-4-14-26-21(16-22(28)25-17-6-10-20(11-7-17)32-15-5-2)23(29)27(24(26)30)18-8-12-19(31-3)13-9-18/h4,6-13,21H,1,5,14-16H2,2-3H3,(H,25,28)/t21-/m0/s1. The fourth-order valence-corrected chi connectivity index (χ4v) is 3.39. The van der Waals surface area contributed by atoms with Crippen LogP contribution < -0.4 is 19.7 Å². The minimum Gasteiger partial charge on any atom is -0.497 e. The molecule has 8 heteroatoms. The van der Waals surface area contributed by atoms with Crippen LogP contribution in [0.25, 0.3) is 0 Å². The molecule has 1 aliphatic rings. The van der Waals surface area contributed by atoms with E-state index >= 15 is 0 Å². The smallest absolute Gasteiger partial charge is 0.332 e. The first-order chi connectivity index (χ1) is 15.5. The minimum absolute atomic E-state index is 0.151. The number of nitrogens with one attached hydrogen (secondary N) is 1. The Morgan fingerprint density at radius 1 is 1.09 bits per heavy atom. The summed E-state index contributed by atoms with van der Waals surface area (Å²) in [5.41, 5.74) is 0.998. The zero-order valence-electron chi connectivity index (χ0n) is 18.2. The van der Waals surface area contributed by atoms with Crippen LogP contribution in [0.2, 0.25) is 0 Å². The number of carbonyl (C=O) groups excluding carboxylic acids is 3. The second-order valence-corrected chi connectivity index (χ2v) is 7.24. The van der Waals surface area contributed by atoms with E-state index in [9.17, 15) is 14.4 Å². The van der Waals surface area contributed by atoms with Gasteiger partial charge >= 0.3 is 6.03 Å². The van der Waals surface area contributed by atoms with Crippen LogP contribution in [-0.4, -0.2) is 49.0 Å². The first-order valence-electron chi connectivity index (χ1n) is 10.4. The van der Waals surface area contributed by atoms with Crippen molar-refractivity contribution in [3.05, 3.63) is 61.2 Å². The summed E-state index contributed by atoms with van der Waals surface area (Å²) in [6.45, 7) is 6.45. The number of carbonyl (C=O) groups is 3. The summed E-state index contributed by atoms with van der Waals surface area (Å²) >= 11 is 0. The molecule has 0 saturated carbocycles. The van der Waals surface area contributed by atoms with E-state index in [1.807, 2.05) is 6.92 Å². The van der Waals surface area contributed by atoms with Gasteiger partial charge < -0.3 is 19.7 Å². The number of rotatable bonds is 10. The number of imide groups is 1. The second kappa shape index (κ2) is 10.5. The number of methoxy groups -OCH3 is 1. The lowest BCUT2D eigenvalue weighted by molar-refractivity contribution is -0.124. The molecule has 1 heterocycles. The average Bonchev–Trinajstić information content (AvgIpc) is 3.03. The molecule has 4 amide bonds. The summed E-state index contributed by atoms with van der Waals surface area (Å²) in [6, 6.07) is 12.2. The summed E-state index contributed by atoms with van der Waals surface area (Å²) in [4.78, 5) is 41.1. The quantitative estimate of drug-likeness (QED) is 0.451. The number of hydrogen-bond donors (Lipinski definition) is 1. The summed E-state index contributed by atoms with van der Waals surface area (Å²) < 4.78 is 10.7. The van der Waals surface area contributed by atoms with Gasteiger partial charge in [-0.3, -0.25) is 9.59 Å². The second-order valence-electron chi connectivity index (χ2n) is 7.24. The molecule has 1 N–H and O–H groups in total. The Morgan fingerprint density at radius 3 is 2.34 bits per heavy atom. The molecule has 0 aromatic heterocycles. The van der Waals surface area contributed by atoms with Gasteiger partial charge in [0.15, 0.2) is 0 Å². The van der Waals surface area contributed by atoms with Crippen molar-refractivity contribution in [3.8, 4) is 11.5 Å². The largest absolute Gasteiger partial charge is 0.497 e. The zero-order chi connectivity index (χ0) is 23.1. The predicted molar refractivity (Wildman–Crippen MR) is 122 cm³/mol. The van der Waals surface area contributed by atoms with Gasteiger partial charge in [0.25, 0.3) is 5.91 Å². The van der Waals surface area contributed by atoms with Crippen molar-refractivity contribution >= 4 is 29.2 Å². The fourth-order valence-electron chi connectivity index (χ4n) is 3.39. The van der Waals surface area contributed by atoms with E-state index in [-0.39, 0.29) is 18.9 Å². The maximum absolute atomic E-state index is 13.1. The lowest BCUT2D eigenvalue weighted by Crippen LogP contribution is -2.38. The van der Waals surface area contributed by atoms with Gasteiger partial charge in [0.1, 0.15) is 17.5 Å². The Morgan fingerprint density at radius 2 is 1.75 bits per heavy atom. The van der Waals surface area contributed by atoms with Gasteiger partial charge in [0.2, 0.25) is 5.91 Å². The molecule has 1 saturated heterocycles. The first-order valence-corrected chi connectivity index (χ1v) is 10.4. The zero-order valence-corrected chi connectivity index (χ0v) is 18.2. The molecule has 8 nitrogen and oxygen atoms in total. The molecular formula is C24H27N3O5. The van der Waals surface area contributed by atoms with Gasteiger partial charge in [-0.1, -0.05) is 13.0 Å². The van der Waals surface area contributed by atoms with Gasteiger partial charge in [-0.2, -0.15) is 0 Å². The average molecular weight is 437 g/mol. The number of ether oxygens (including phenoxy) is 2. The van der Waals surface area contributed by atoms with Crippen molar-refractivity contribution in [3.63, 3.8) is 0 Å². The maximum atomic E-state index is 13.1. The topological polar surface area (TPSA) is 88.2 Å². The van der Waals surface area contributed by atoms with Crippen LogP contribution in [0.5, 0.6) is 11.5 Å². The van der Waals surface area contributed by atoms with Gasteiger partial charge in [-0.25, -0.2) is 9.69 Å². The van der Waals surface area contributed by atoms with Crippen LogP contribution in [0.15, 0.2) is 61.2 Å². The summed E-state index contributed by atoms with van der Waals surface area (Å²) in [6.07, 6.45) is 2.27. The molecule has 0 bridgehead atoms. The van der Waals surface area contributed by atoms with E-state index in [4.69, 9.17) is 9.47 Å². The van der Waals surface area contributed by atoms with Crippen LogP contribution in [0.3, 0.4) is 0 Å². The van der Waals surface area contributed by atoms with Crippen molar-refractivity contribution in [2.24, 2.45) is 0 Å². The number of urea groups is 1. The van der Waals surface area contributed by atoms with Crippen molar-refractivity contribution in [2.75, 3.05) is 30.5 Å². The highest BCUT2D eigenvalue weighted by Crippen LogP contribution is 2.28. The van der Waals surface area contributed by atoms with E-state index in [1.165, 1.54) is 18.1 Å². The van der Waals surface area contributed by atoms with E-state index in [0.717, 1.165) is 11.3 Å². The summed E-state index contributed by atoms with van der Waals surface area (Å²) in [5.74, 6) is 0.496. The molecule has 32 heavy (non-hydrogen) atoms. The van der Waals surface area contributed by atoms with Crippen molar-refractivity contribution in [1.82, 2.24) is 4.90 Å². The summed E-state index contributed by atoms with van der Waals surface area (Å²) in [5, 5.41) is 2.77. The Kier molecular flexibility index (Phi) is 7.49. The van der Waals surface area contributed by atoms with Crippen LogP contribution in [0.1, 0.15) is 19.8 Å². The summed E-state index contributed by atoms with van der Waals surface area (Å²) in [7, 11) is 1.54. The van der Waals surface area contributed by atoms with Crippen LogP contribution >= 0.6 is 0 Å². The molecule has 0 unspecified atom stereocenters. The van der Waals surface area contributed by atoms with E-state index in [1.54, 1.807) is 48.5 Å². The van der Waals surface area contributed by atoms with Crippen molar-refractivity contribution in [2.45, 2.75) is 25.8 Å². The maximum Gasteiger partial charge on any atom is 0.332 e. The van der Waals surface area contributed by atoms with Gasteiger partial charge in [0.05, 0.1) is 25.8 Å². The fraction of sp³-hybridized carbons (Fsp3) is 0.292. The van der Waals surface area contributed by atoms with Crippen molar-refractivity contribution in [1.29, 1.82) is 0 Å². The van der Waals surface area contributed by atoms with Crippen LogP contribution in [-0.2, 0) is 9.59 Å². The number of nitrogens with zero attached hydrogens (tertiary/aromatic N) is 2. The molecule has 2 aromatic carbocycles. The molecule has 1 atom stereocenters. The Bertz CT molecular complexity index is 972. The van der Waals surface area contributed by atoms with Gasteiger partial charge in [-0.05, 0) is 55.0 Å². The number of amides is 4. The van der Waals surface area contributed by atoms with E-state index < -0.39 is 18.0 Å². The highest BCUT2D eigenvalue weighted by atomic mass is 16.5. The molecular weight excluding hydrogens is 410 g/mol. The molecule has 0 radical (unpaired) electrons. The Hall–Kier alpha value is -3.81. The monoisotopic (exact) mass is 437 g/mol. The van der Waals surface area contributed by atoms with Crippen LogP contribution in [0, 0.1) is 0 Å². The van der Waals surface area contributed by atoms with Crippen molar-refractivity contribution < 1.29 is 23.9 Å². The van der Waals surface area contributed by atoms with E-state index in [2.05, 4.69) is 11.9 Å². The third-order valence-corrected chi connectivity index (χ3v) is 4.96. The molecule has 168 valence electrons. The lowest BCUT2D eigenvalue weighted by atomic mass is 10.1. The molecule has 1 fully saturated rings. The predicted octanol–water partition coefficient (Wildman–Crippen LogP) is 3.84. The van der Waals surface area contributed by atoms with Gasteiger partial charge in [0, 0.05) is 12.2 Å². The van der Waals surface area contributed by atoms with Gasteiger partial charge in [-0.15, -0.1) is 6.58 Å². The highest BCUT2D eigenvalue weighted by molar-refractivity contribution is 6.22. The normalized spacial score (nSPS) is 15.6. The third-order valence-electron chi connectivity index (χ3n) is 4.96. The first kappa shape index (κ1) is 22.9. The number of hydrogen-bond acceptors (Lipinski definition) is 5. The lowest BCUT2D eigenvalue weighted by Gasteiger charge is -2.19. The number of anilines is 2. The highest BCUT2D eigenvalue weighted by Gasteiger charge is 2.46. The minimum atomic E-state index is -0.922. The SMILES string of the molecule is C=CCN1C(=O)N(c2ccc(OC)cc2)C(=O)[C@@H]1CC(=O)Nc1ccc(OCCC)cc1. The molecule has 0 spiro atoms. The number of benzene rings is 2. The van der Waals surface area contributed by atoms with Crippen LogP contribution in [0.4, 0.5) is 16.2 Å². The Balaban J connectivity index is 1.71. The van der Waals surface area contributed by atoms with E-state index in [0.29, 0.717) is 29.5 Å². The molecule has 1 aliphatic heterocycles. The Labute approximate surface area is 187 Å². The molecule has 2 aromatic rings. The molecule has 0 aliphatic carbocycles. The third kappa shape index (κ3) is 5.08. The molecule has 3 rings (SSSR count).